The number of phenolic OH excluding ortho intramolecular Hbond substituents is 3. The highest BCUT2D eigenvalue weighted by molar-refractivity contribution is 6.63. The van der Waals surface area contributed by atoms with E-state index in [2.05, 4.69) is 0 Å². The fourth-order valence-corrected chi connectivity index (χ4v) is 1.08. The van der Waals surface area contributed by atoms with Crippen molar-refractivity contribution in [2.75, 3.05) is 0 Å². The Labute approximate surface area is 79.0 Å². The predicted molar refractivity (Wildman–Crippen MR) is 46.0 cm³/mol. The highest BCUT2D eigenvalue weighted by Crippen LogP contribution is 2.32. The molecule has 0 bridgehead atoms. The van der Waals surface area contributed by atoms with E-state index in [1.807, 2.05) is 0 Å². The molecule has 0 amide bonds. The lowest BCUT2D eigenvalue weighted by Gasteiger charge is -2.04. The molecule has 0 aliphatic heterocycles. The average molecular weight is 203 g/mol. The molecule has 0 fully saturated rings. The standard InChI is InChI=1S/C8H7ClO4/c9-8(13)3-5-6(11)1-4(10)2-7(5)12/h1-2,10-12H,3H2. The number of hydrogen-bond donors (Lipinski definition) is 3. The molecule has 0 aliphatic carbocycles. The lowest BCUT2D eigenvalue weighted by molar-refractivity contribution is -0.111. The highest BCUT2D eigenvalue weighted by Gasteiger charge is 2.12. The Hall–Kier alpha value is -1.42. The van der Waals surface area contributed by atoms with Gasteiger partial charge in [0.25, 0.3) is 0 Å². The molecule has 0 heterocycles. The molecule has 1 rings (SSSR count). The van der Waals surface area contributed by atoms with Crippen LogP contribution in [0.25, 0.3) is 0 Å². The Bertz CT molecular complexity index is 325. The number of aromatic hydroxyl groups is 3. The van der Waals surface area contributed by atoms with Gasteiger partial charge in [-0.2, -0.15) is 0 Å². The van der Waals surface area contributed by atoms with Crippen LogP contribution in [0.4, 0.5) is 0 Å². The number of phenols is 3. The van der Waals surface area contributed by atoms with Gasteiger partial charge >= 0.3 is 0 Å². The summed E-state index contributed by atoms with van der Waals surface area (Å²) in [5, 5.41) is 26.6. The van der Waals surface area contributed by atoms with Gasteiger partial charge in [0.1, 0.15) is 17.2 Å². The summed E-state index contributed by atoms with van der Waals surface area (Å²) < 4.78 is 0. The summed E-state index contributed by atoms with van der Waals surface area (Å²) in [5.74, 6) is -0.987. The molecule has 0 saturated carbocycles. The van der Waals surface area contributed by atoms with Crippen molar-refractivity contribution < 1.29 is 20.1 Å². The molecule has 0 aromatic heterocycles. The van der Waals surface area contributed by atoms with Crippen LogP contribution in [-0.2, 0) is 11.2 Å². The highest BCUT2D eigenvalue weighted by atomic mass is 35.5. The van der Waals surface area contributed by atoms with Gasteiger partial charge in [-0.25, -0.2) is 0 Å². The Morgan fingerprint density at radius 1 is 1.23 bits per heavy atom. The molecule has 4 nitrogen and oxygen atoms in total. The van der Waals surface area contributed by atoms with Crippen LogP contribution in [0.3, 0.4) is 0 Å². The number of carbonyl (C=O) groups excluding carboxylic acids is 1. The molecule has 13 heavy (non-hydrogen) atoms. The summed E-state index contributed by atoms with van der Waals surface area (Å²) in [7, 11) is 0. The Morgan fingerprint density at radius 2 is 1.69 bits per heavy atom. The zero-order valence-electron chi connectivity index (χ0n) is 6.49. The summed E-state index contributed by atoms with van der Waals surface area (Å²) in [6.45, 7) is 0. The second-order valence-electron chi connectivity index (χ2n) is 2.49. The van der Waals surface area contributed by atoms with Crippen molar-refractivity contribution in [2.45, 2.75) is 6.42 Å². The lowest BCUT2D eigenvalue weighted by Crippen LogP contribution is -1.94. The monoisotopic (exact) mass is 202 g/mol. The van der Waals surface area contributed by atoms with Crippen LogP contribution in [-0.4, -0.2) is 20.6 Å². The first kappa shape index (κ1) is 9.67. The van der Waals surface area contributed by atoms with Crippen LogP contribution < -0.4 is 0 Å². The summed E-state index contributed by atoms with van der Waals surface area (Å²) in [4.78, 5) is 10.5. The molecule has 1 aromatic rings. The molecular formula is C8H7ClO4. The molecule has 0 radical (unpaired) electrons. The maximum atomic E-state index is 10.5. The number of benzene rings is 1. The van der Waals surface area contributed by atoms with Crippen molar-refractivity contribution in [3.05, 3.63) is 17.7 Å². The first-order chi connectivity index (χ1) is 6.00. The molecule has 0 spiro atoms. The third-order valence-electron chi connectivity index (χ3n) is 1.50. The zero-order chi connectivity index (χ0) is 10.0. The van der Waals surface area contributed by atoms with Crippen molar-refractivity contribution in [3.8, 4) is 17.2 Å². The van der Waals surface area contributed by atoms with Gasteiger partial charge in [-0.3, -0.25) is 4.79 Å². The van der Waals surface area contributed by atoms with Gasteiger partial charge in [0.05, 0.1) is 6.42 Å². The minimum Gasteiger partial charge on any atom is -0.508 e. The van der Waals surface area contributed by atoms with Gasteiger partial charge in [0.2, 0.25) is 5.24 Å². The molecule has 0 aliphatic rings. The van der Waals surface area contributed by atoms with Crippen molar-refractivity contribution in [1.29, 1.82) is 0 Å². The Kier molecular flexibility index (Phi) is 2.63. The molecule has 5 heteroatoms. The molecule has 0 atom stereocenters. The maximum Gasteiger partial charge on any atom is 0.226 e. The van der Waals surface area contributed by atoms with E-state index in [1.54, 1.807) is 0 Å². The van der Waals surface area contributed by atoms with E-state index in [0.717, 1.165) is 12.1 Å². The van der Waals surface area contributed by atoms with E-state index >= 15 is 0 Å². The van der Waals surface area contributed by atoms with E-state index in [9.17, 15) is 15.0 Å². The first-order valence-corrected chi connectivity index (χ1v) is 3.80. The van der Waals surface area contributed by atoms with Crippen molar-refractivity contribution >= 4 is 16.8 Å². The largest absolute Gasteiger partial charge is 0.508 e. The number of halogens is 1. The first-order valence-electron chi connectivity index (χ1n) is 3.43. The summed E-state index contributed by atoms with van der Waals surface area (Å²) in [6, 6.07) is 2.05. The van der Waals surface area contributed by atoms with Crippen LogP contribution in [0.2, 0.25) is 0 Å². The lowest BCUT2D eigenvalue weighted by atomic mass is 10.1. The number of rotatable bonds is 2. The molecule has 1 aromatic carbocycles. The third-order valence-corrected chi connectivity index (χ3v) is 1.64. The van der Waals surface area contributed by atoms with E-state index in [1.165, 1.54) is 0 Å². The van der Waals surface area contributed by atoms with Crippen molar-refractivity contribution in [2.24, 2.45) is 0 Å². The minimum atomic E-state index is -0.698. The topological polar surface area (TPSA) is 77.8 Å². The molecule has 3 N–H and O–H groups in total. The Balaban J connectivity index is 3.13. The molecular weight excluding hydrogens is 196 g/mol. The van der Waals surface area contributed by atoms with E-state index < -0.39 is 5.24 Å². The molecule has 0 unspecified atom stereocenters. The van der Waals surface area contributed by atoms with Crippen LogP contribution >= 0.6 is 11.6 Å². The van der Waals surface area contributed by atoms with Gasteiger partial charge in [0.15, 0.2) is 0 Å². The minimum absolute atomic E-state index is 0.0119. The molecule has 0 saturated heterocycles. The van der Waals surface area contributed by atoms with Crippen LogP contribution in [0.1, 0.15) is 5.56 Å². The molecule has 70 valence electrons. The van der Waals surface area contributed by atoms with E-state index in [0.29, 0.717) is 0 Å². The second kappa shape index (κ2) is 3.53. The van der Waals surface area contributed by atoms with Gasteiger partial charge in [-0.1, -0.05) is 0 Å². The van der Waals surface area contributed by atoms with Crippen LogP contribution in [0, 0.1) is 0 Å². The van der Waals surface area contributed by atoms with Gasteiger partial charge in [-0.15, -0.1) is 0 Å². The summed E-state index contributed by atoms with van der Waals surface area (Å²) >= 11 is 5.07. The predicted octanol–water partition coefficient (Wildman–Crippen LogP) is 1.11. The summed E-state index contributed by atoms with van der Waals surface area (Å²) in [5.41, 5.74) is 0.0119. The van der Waals surface area contributed by atoms with Crippen LogP contribution in [0.15, 0.2) is 12.1 Å². The van der Waals surface area contributed by atoms with E-state index in [4.69, 9.17) is 16.7 Å². The summed E-state index contributed by atoms with van der Waals surface area (Å²) in [6.07, 6.45) is -0.278. The SMILES string of the molecule is O=C(Cl)Cc1c(O)cc(O)cc1O. The fraction of sp³-hybridized carbons (Fsp3) is 0.125. The maximum absolute atomic E-state index is 10.5. The van der Waals surface area contributed by atoms with Gasteiger partial charge in [0, 0.05) is 17.7 Å². The third kappa shape index (κ3) is 2.26. The van der Waals surface area contributed by atoms with Gasteiger partial charge in [-0.05, 0) is 11.6 Å². The van der Waals surface area contributed by atoms with Crippen molar-refractivity contribution in [1.82, 2.24) is 0 Å². The number of carbonyl (C=O) groups is 1. The zero-order valence-corrected chi connectivity index (χ0v) is 7.25. The number of hydrogen-bond acceptors (Lipinski definition) is 4. The fourth-order valence-electron chi connectivity index (χ4n) is 0.947. The second-order valence-corrected chi connectivity index (χ2v) is 2.92. The van der Waals surface area contributed by atoms with Crippen LogP contribution in [0.5, 0.6) is 17.2 Å². The van der Waals surface area contributed by atoms with E-state index in [-0.39, 0.29) is 29.2 Å². The van der Waals surface area contributed by atoms with Gasteiger partial charge < -0.3 is 15.3 Å². The quantitative estimate of drug-likeness (QED) is 0.628. The Morgan fingerprint density at radius 3 is 2.08 bits per heavy atom. The smallest absolute Gasteiger partial charge is 0.226 e. The average Bonchev–Trinajstić information content (AvgIpc) is 1.96. The normalized spacial score (nSPS) is 9.92. The van der Waals surface area contributed by atoms with Crippen molar-refractivity contribution in [3.63, 3.8) is 0 Å².